The number of rotatable bonds is 4. The molecule has 0 amide bonds. The van der Waals surface area contributed by atoms with Gasteiger partial charge in [0.05, 0.1) is 0 Å². The third-order valence-corrected chi connectivity index (χ3v) is 15.8. The number of aryl methyl sites for hydroxylation is 2. The normalized spacial score (nSPS) is 25.4. The van der Waals surface area contributed by atoms with Crippen LogP contribution in [0.1, 0.15) is 80.3 Å². The van der Waals surface area contributed by atoms with Crippen molar-refractivity contribution in [3.05, 3.63) is 62.3 Å². The van der Waals surface area contributed by atoms with Gasteiger partial charge < -0.3 is 0 Å². The molecule has 0 nitrogen and oxygen atoms in total. The van der Waals surface area contributed by atoms with Gasteiger partial charge in [0.2, 0.25) is 0 Å². The molecule has 0 bridgehead atoms. The zero-order valence-corrected chi connectivity index (χ0v) is 20.4. The molecule has 146 valence electrons. The van der Waals surface area contributed by atoms with Crippen LogP contribution >= 0.6 is 0 Å². The number of halogens is 2. The zero-order chi connectivity index (χ0) is 20.3. The Morgan fingerprint density at radius 3 is 2.22 bits per heavy atom. The summed E-state index contributed by atoms with van der Waals surface area (Å²) in [6.45, 7) is 16.0. The molecule has 0 aromatic heterocycles. The molecule has 1 aromatic rings. The van der Waals surface area contributed by atoms with Crippen LogP contribution in [0.2, 0.25) is 3.12 Å². The molecule has 3 heteroatoms. The Morgan fingerprint density at radius 2 is 1.63 bits per heavy atom. The average Bonchev–Trinajstić information content (AvgIpc) is 3.00. The predicted octanol–water partition coefficient (Wildman–Crippen LogP) is 8.33. The van der Waals surface area contributed by atoms with Crippen LogP contribution in [-0.4, -0.2) is 0 Å². The van der Waals surface area contributed by atoms with Crippen molar-refractivity contribution < 1.29 is 26.7 Å². The first-order valence-corrected chi connectivity index (χ1v) is 14.5. The SMILES string of the molecule is CCCC1=C(C)C(C)=C(C)[C]1(C)[Zr]([F])([F])[CH]1C(C)=Cc2c(C)cc(C)cc21. The van der Waals surface area contributed by atoms with E-state index in [4.69, 9.17) is 0 Å². The summed E-state index contributed by atoms with van der Waals surface area (Å²) in [5.41, 5.74) is 9.16. The molecular formula is C24H32F2Zr. The van der Waals surface area contributed by atoms with Gasteiger partial charge in [-0.2, -0.15) is 0 Å². The molecule has 0 spiro atoms. The van der Waals surface area contributed by atoms with Crippen LogP contribution in [0.5, 0.6) is 0 Å². The molecule has 27 heavy (non-hydrogen) atoms. The van der Waals surface area contributed by atoms with Crippen molar-refractivity contribution in [3.63, 3.8) is 0 Å². The fourth-order valence-corrected chi connectivity index (χ4v) is 13.4. The summed E-state index contributed by atoms with van der Waals surface area (Å²) in [5, 5.41) is 0. The Morgan fingerprint density at radius 1 is 1.00 bits per heavy atom. The van der Waals surface area contributed by atoms with Crippen molar-refractivity contribution in [2.45, 2.75) is 75.0 Å². The topological polar surface area (TPSA) is 0 Å². The van der Waals surface area contributed by atoms with Gasteiger partial charge in [0.15, 0.2) is 0 Å². The van der Waals surface area contributed by atoms with Crippen molar-refractivity contribution in [1.29, 1.82) is 0 Å². The molecule has 0 aliphatic heterocycles. The summed E-state index contributed by atoms with van der Waals surface area (Å²) in [5.74, 6) is 0. The monoisotopic (exact) mass is 448 g/mol. The van der Waals surface area contributed by atoms with Crippen LogP contribution in [0.25, 0.3) is 6.08 Å². The third-order valence-electron chi connectivity index (χ3n) is 7.16. The van der Waals surface area contributed by atoms with E-state index >= 15 is 5.25 Å². The van der Waals surface area contributed by atoms with Crippen LogP contribution in [0.4, 0.5) is 5.25 Å². The van der Waals surface area contributed by atoms with E-state index in [-0.39, 0.29) is 0 Å². The zero-order valence-electron chi connectivity index (χ0n) is 18.0. The first kappa shape index (κ1) is 20.9. The van der Waals surface area contributed by atoms with E-state index in [1.807, 2.05) is 53.7 Å². The summed E-state index contributed by atoms with van der Waals surface area (Å²) in [6, 6.07) is 4.13. The quantitative estimate of drug-likeness (QED) is 0.433. The van der Waals surface area contributed by atoms with Crippen LogP contribution in [0, 0.1) is 13.8 Å². The van der Waals surface area contributed by atoms with Crippen molar-refractivity contribution >= 4 is 6.08 Å². The predicted molar refractivity (Wildman–Crippen MR) is 109 cm³/mol. The van der Waals surface area contributed by atoms with Gasteiger partial charge >= 0.3 is 170 Å². The second kappa shape index (κ2) is 6.91. The van der Waals surface area contributed by atoms with Crippen molar-refractivity contribution in [1.82, 2.24) is 0 Å². The second-order valence-electron chi connectivity index (χ2n) is 8.76. The van der Waals surface area contributed by atoms with E-state index in [1.54, 1.807) is 0 Å². The summed E-state index contributed by atoms with van der Waals surface area (Å²) >= 11 is -5.71. The number of hydrogen-bond acceptors (Lipinski definition) is 0. The van der Waals surface area contributed by atoms with Gasteiger partial charge in [-0.1, -0.05) is 0 Å². The summed E-state index contributed by atoms with van der Waals surface area (Å²) in [7, 11) is 0. The van der Waals surface area contributed by atoms with Gasteiger partial charge in [-0.25, -0.2) is 0 Å². The van der Waals surface area contributed by atoms with Gasteiger partial charge in [-0.3, -0.25) is 0 Å². The van der Waals surface area contributed by atoms with Crippen molar-refractivity contribution in [2.24, 2.45) is 0 Å². The van der Waals surface area contributed by atoms with E-state index in [2.05, 4.69) is 19.9 Å². The Balaban J connectivity index is 2.23. The standard InChI is InChI=1S/C12H13.C12H19.2FH.Zr/c1-8-4-10(3)12-7-9(2)6-11(12)5-8;1-6-7-12-10(4)8(2)9(3)11(12)5;;;/h4-7H,1-3H3;6-7H2,1-5H3;2*1H;/q;;;;+2/p-2. The van der Waals surface area contributed by atoms with Gasteiger partial charge in [0.25, 0.3) is 0 Å². The van der Waals surface area contributed by atoms with Gasteiger partial charge in [-0.15, -0.1) is 0 Å². The molecule has 2 unspecified atom stereocenters. The minimum absolute atomic E-state index is 0.654. The van der Waals surface area contributed by atoms with Gasteiger partial charge in [0, 0.05) is 0 Å². The van der Waals surface area contributed by atoms with Gasteiger partial charge in [-0.05, 0) is 0 Å². The Bertz CT molecular complexity index is 901. The number of allylic oxidation sites excluding steroid dienone is 5. The maximum absolute atomic E-state index is 16.7. The molecular weight excluding hydrogens is 417 g/mol. The first-order valence-electron chi connectivity index (χ1n) is 10.0. The third kappa shape index (κ3) is 2.83. The molecule has 2 aliphatic carbocycles. The van der Waals surface area contributed by atoms with Crippen LogP contribution in [-0.2, 0) is 21.5 Å². The molecule has 0 fully saturated rings. The molecule has 0 saturated heterocycles. The van der Waals surface area contributed by atoms with Crippen LogP contribution in [0.15, 0.2) is 40.0 Å². The molecule has 0 radical (unpaired) electrons. The van der Waals surface area contributed by atoms with E-state index in [0.717, 1.165) is 63.0 Å². The van der Waals surface area contributed by atoms with Crippen LogP contribution in [0.3, 0.4) is 0 Å². The Hall–Kier alpha value is -0.817. The number of hydrogen-bond donors (Lipinski definition) is 0. The van der Waals surface area contributed by atoms with Gasteiger partial charge in [0.1, 0.15) is 0 Å². The number of fused-ring (bicyclic) bond motifs is 1. The molecule has 1 aromatic carbocycles. The van der Waals surface area contributed by atoms with E-state index in [1.165, 1.54) is 0 Å². The van der Waals surface area contributed by atoms with Crippen LogP contribution < -0.4 is 0 Å². The number of benzene rings is 1. The fourth-order valence-electron chi connectivity index (χ4n) is 5.40. The summed E-state index contributed by atoms with van der Waals surface area (Å²) < 4.78 is 31.7. The minimum atomic E-state index is -5.71. The van der Waals surface area contributed by atoms with E-state index in [9.17, 15) is 0 Å². The Kier molecular flexibility index (Phi) is 5.35. The molecule has 0 saturated carbocycles. The molecule has 3 rings (SSSR count). The molecule has 2 aliphatic rings. The molecule has 0 N–H and O–H groups in total. The second-order valence-corrected chi connectivity index (χ2v) is 15.7. The van der Waals surface area contributed by atoms with E-state index < -0.39 is 28.2 Å². The molecule has 0 heterocycles. The summed E-state index contributed by atoms with van der Waals surface area (Å²) in [4.78, 5) is 0. The molecule has 2 atom stereocenters. The average molecular weight is 450 g/mol. The van der Waals surface area contributed by atoms with E-state index in [0.29, 0.717) is 0 Å². The summed E-state index contributed by atoms with van der Waals surface area (Å²) in [6.07, 6.45) is 3.72. The Labute approximate surface area is 169 Å². The van der Waals surface area contributed by atoms with Crippen molar-refractivity contribution in [2.75, 3.05) is 0 Å². The fraction of sp³-hybridized carbons (Fsp3) is 0.500. The van der Waals surface area contributed by atoms with Crippen molar-refractivity contribution in [3.8, 4) is 0 Å². The first-order chi connectivity index (χ1) is 12.5. The maximum atomic E-state index is 16.7.